The van der Waals surface area contributed by atoms with Crippen molar-refractivity contribution in [2.75, 3.05) is 39.2 Å². The first kappa shape index (κ1) is 22.2. The molecule has 2 aromatic rings. The molecule has 30 heavy (non-hydrogen) atoms. The van der Waals surface area contributed by atoms with Crippen LogP contribution in [-0.4, -0.2) is 51.1 Å². The minimum absolute atomic E-state index is 0.0464. The Balaban J connectivity index is 2.12. The van der Waals surface area contributed by atoms with Gasteiger partial charge in [-0.2, -0.15) is 0 Å². The van der Waals surface area contributed by atoms with E-state index in [0.717, 1.165) is 28.3 Å². The third kappa shape index (κ3) is 4.79. The minimum Gasteiger partial charge on any atom is -0.497 e. The number of amides is 1. The van der Waals surface area contributed by atoms with Crippen molar-refractivity contribution in [2.24, 2.45) is 0 Å². The summed E-state index contributed by atoms with van der Waals surface area (Å²) < 4.78 is 11.1. The smallest absolute Gasteiger partial charge is 0.304 e. The number of methoxy groups -OCH3 is 1. The molecule has 0 fully saturated rings. The van der Waals surface area contributed by atoms with Crippen LogP contribution < -0.4 is 9.64 Å². The van der Waals surface area contributed by atoms with E-state index in [0.29, 0.717) is 12.3 Å². The molecule has 1 aliphatic rings. The van der Waals surface area contributed by atoms with Gasteiger partial charge in [-0.05, 0) is 50.8 Å². The highest BCUT2D eigenvalue weighted by Crippen LogP contribution is 2.51. The minimum atomic E-state index is -1.15. The standard InChI is InChI=1S/C23H28N2O4S/c1-16-6-11-21-20(14-16)25(13-12-24(3)4)22(27)15-23(30-21,29-17(2)26)18-7-9-19(28-5)10-8-18/h6-11,14H,12-13,15H2,1-5H3. The lowest BCUT2D eigenvalue weighted by molar-refractivity contribution is -0.151. The van der Waals surface area contributed by atoms with E-state index in [-0.39, 0.29) is 12.3 Å². The lowest BCUT2D eigenvalue weighted by atomic mass is 10.0. The van der Waals surface area contributed by atoms with Gasteiger partial charge in [0, 0.05) is 30.5 Å². The van der Waals surface area contributed by atoms with Crippen molar-refractivity contribution in [1.82, 2.24) is 4.90 Å². The Hall–Kier alpha value is -2.51. The largest absolute Gasteiger partial charge is 0.497 e. The van der Waals surface area contributed by atoms with E-state index in [1.807, 2.05) is 73.3 Å². The average molecular weight is 429 g/mol. The Labute approximate surface area is 182 Å². The summed E-state index contributed by atoms with van der Waals surface area (Å²) in [5.74, 6) is 0.192. The van der Waals surface area contributed by atoms with Gasteiger partial charge in [-0.1, -0.05) is 30.0 Å². The zero-order valence-electron chi connectivity index (χ0n) is 18.1. The Bertz CT molecular complexity index is 929. The van der Waals surface area contributed by atoms with Crippen LogP contribution in [0.25, 0.3) is 0 Å². The van der Waals surface area contributed by atoms with Gasteiger partial charge in [-0.3, -0.25) is 9.59 Å². The van der Waals surface area contributed by atoms with Gasteiger partial charge in [0.05, 0.1) is 19.2 Å². The van der Waals surface area contributed by atoms with Gasteiger partial charge in [0.1, 0.15) is 5.75 Å². The average Bonchev–Trinajstić information content (AvgIpc) is 2.80. The molecule has 1 aliphatic heterocycles. The summed E-state index contributed by atoms with van der Waals surface area (Å²) in [6, 6.07) is 13.4. The van der Waals surface area contributed by atoms with E-state index >= 15 is 0 Å². The summed E-state index contributed by atoms with van der Waals surface area (Å²) in [4.78, 5) is 29.2. The predicted molar refractivity (Wildman–Crippen MR) is 119 cm³/mol. The fraction of sp³-hybridized carbons (Fsp3) is 0.391. The number of carbonyl (C=O) groups is 2. The molecule has 1 unspecified atom stereocenters. The van der Waals surface area contributed by atoms with E-state index in [1.165, 1.54) is 18.7 Å². The summed E-state index contributed by atoms with van der Waals surface area (Å²) in [5, 5.41) is 0. The van der Waals surface area contributed by atoms with E-state index in [4.69, 9.17) is 9.47 Å². The zero-order chi connectivity index (χ0) is 21.9. The fourth-order valence-electron chi connectivity index (χ4n) is 3.47. The molecule has 1 heterocycles. The summed E-state index contributed by atoms with van der Waals surface area (Å²) in [6.07, 6.45) is 0.0464. The maximum Gasteiger partial charge on any atom is 0.304 e. The van der Waals surface area contributed by atoms with Crippen LogP contribution in [0.5, 0.6) is 5.75 Å². The molecule has 0 aliphatic carbocycles. The van der Waals surface area contributed by atoms with Crippen molar-refractivity contribution in [3.05, 3.63) is 53.6 Å². The number of benzene rings is 2. The predicted octanol–water partition coefficient (Wildman–Crippen LogP) is 3.81. The third-order valence-electron chi connectivity index (χ3n) is 4.97. The first-order valence-electron chi connectivity index (χ1n) is 9.83. The van der Waals surface area contributed by atoms with Crippen LogP contribution in [0.2, 0.25) is 0 Å². The number of aryl methyl sites for hydroxylation is 1. The maximum absolute atomic E-state index is 13.5. The highest BCUT2D eigenvalue weighted by molar-refractivity contribution is 8.00. The van der Waals surface area contributed by atoms with Crippen molar-refractivity contribution in [3.63, 3.8) is 0 Å². The Morgan fingerprint density at radius 1 is 1.20 bits per heavy atom. The lowest BCUT2D eigenvalue weighted by Gasteiger charge is -2.31. The molecule has 0 saturated heterocycles. The molecule has 7 heteroatoms. The first-order chi connectivity index (χ1) is 14.2. The summed E-state index contributed by atoms with van der Waals surface area (Å²) in [5.41, 5.74) is 2.67. The monoisotopic (exact) mass is 428 g/mol. The van der Waals surface area contributed by atoms with Crippen LogP contribution >= 0.6 is 11.8 Å². The molecule has 2 aromatic carbocycles. The number of thioether (sulfide) groups is 1. The molecule has 0 saturated carbocycles. The van der Waals surface area contributed by atoms with Crippen LogP contribution in [-0.2, 0) is 19.3 Å². The number of anilines is 1. The second kappa shape index (κ2) is 9.10. The third-order valence-corrected chi connectivity index (χ3v) is 6.33. The van der Waals surface area contributed by atoms with Crippen molar-refractivity contribution < 1.29 is 19.1 Å². The van der Waals surface area contributed by atoms with E-state index in [1.54, 1.807) is 7.11 Å². The van der Waals surface area contributed by atoms with E-state index < -0.39 is 10.9 Å². The normalized spacial score (nSPS) is 18.7. The van der Waals surface area contributed by atoms with E-state index in [2.05, 4.69) is 0 Å². The molecule has 3 rings (SSSR count). The molecule has 0 N–H and O–H groups in total. The number of hydrogen-bond donors (Lipinski definition) is 0. The highest BCUT2D eigenvalue weighted by atomic mass is 32.2. The summed E-state index contributed by atoms with van der Waals surface area (Å²) in [6.45, 7) is 4.67. The molecule has 6 nitrogen and oxygen atoms in total. The second-order valence-electron chi connectivity index (χ2n) is 7.67. The van der Waals surface area contributed by atoms with Gasteiger partial charge in [-0.15, -0.1) is 0 Å². The highest BCUT2D eigenvalue weighted by Gasteiger charge is 2.44. The molecule has 0 radical (unpaired) electrons. The fourth-order valence-corrected chi connectivity index (χ4v) is 4.84. The zero-order valence-corrected chi connectivity index (χ0v) is 18.9. The molecule has 0 bridgehead atoms. The van der Waals surface area contributed by atoms with Crippen molar-refractivity contribution >= 4 is 29.3 Å². The van der Waals surface area contributed by atoms with Gasteiger partial charge in [-0.25, -0.2) is 0 Å². The number of nitrogens with zero attached hydrogens (tertiary/aromatic N) is 2. The first-order valence-corrected chi connectivity index (χ1v) is 10.6. The van der Waals surface area contributed by atoms with Crippen LogP contribution in [0.1, 0.15) is 24.5 Å². The SMILES string of the molecule is COc1ccc(C2(OC(C)=O)CC(=O)N(CCN(C)C)c3cc(C)ccc3S2)cc1. The van der Waals surface area contributed by atoms with Crippen molar-refractivity contribution in [1.29, 1.82) is 0 Å². The number of carbonyl (C=O) groups excluding carboxylic acids is 2. The van der Waals surface area contributed by atoms with Gasteiger partial charge in [0.15, 0.2) is 4.93 Å². The van der Waals surface area contributed by atoms with Crippen molar-refractivity contribution in [3.8, 4) is 5.75 Å². The van der Waals surface area contributed by atoms with Crippen LogP contribution in [0.15, 0.2) is 47.4 Å². The van der Waals surface area contributed by atoms with Crippen LogP contribution in [0.4, 0.5) is 5.69 Å². The Morgan fingerprint density at radius 3 is 2.50 bits per heavy atom. The molecular weight excluding hydrogens is 400 g/mol. The number of ether oxygens (including phenoxy) is 2. The van der Waals surface area contributed by atoms with Gasteiger partial charge in [0.25, 0.3) is 0 Å². The summed E-state index contributed by atoms with van der Waals surface area (Å²) in [7, 11) is 5.56. The lowest BCUT2D eigenvalue weighted by Crippen LogP contribution is -2.39. The van der Waals surface area contributed by atoms with Gasteiger partial charge < -0.3 is 19.3 Å². The molecule has 0 spiro atoms. The Kier molecular flexibility index (Phi) is 6.73. The molecule has 160 valence electrons. The quantitative estimate of drug-likeness (QED) is 0.652. The molecular formula is C23H28N2O4S. The molecule has 0 aromatic heterocycles. The number of hydrogen-bond acceptors (Lipinski definition) is 6. The summed E-state index contributed by atoms with van der Waals surface area (Å²) >= 11 is 1.41. The topological polar surface area (TPSA) is 59.1 Å². The second-order valence-corrected chi connectivity index (χ2v) is 8.98. The van der Waals surface area contributed by atoms with E-state index in [9.17, 15) is 9.59 Å². The molecule has 1 atom stereocenters. The number of likely N-dealkylation sites (N-methyl/N-ethyl adjacent to an activating group) is 1. The molecule has 1 amide bonds. The van der Waals surface area contributed by atoms with Crippen LogP contribution in [0, 0.1) is 6.92 Å². The van der Waals surface area contributed by atoms with Gasteiger partial charge >= 0.3 is 5.97 Å². The van der Waals surface area contributed by atoms with Gasteiger partial charge in [0.2, 0.25) is 5.91 Å². The van der Waals surface area contributed by atoms with Crippen LogP contribution in [0.3, 0.4) is 0 Å². The number of fused-ring (bicyclic) bond motifs is 1. The number of esters is 1. The Morgan fingerprint density at radius 2 is 1.90 bits per heavy atom. The number of rotatable bonds is 6. The maximum atomic E-state index is 13.5. The van der Waals surface area contributed by atoms with Crippen molar-refractivity contribution in [2.45, 2.75) is 30.1 Å².